The Labute approximate surface area is 109 Å². The van der Waals surface area contributed by atoms with Gasteiger partial charge < -0.3 is 4.74 Å². The number of rotatable bonds is 3. The van der Waals surface area contributed by atoms with Gasteiger partial charge in [0.1, 0.15) is 12.2 Å². The summed E-state index contributed by atoms with van der Waals surface area (Å²) in [7, 11) is 1.26. The standard InChI is InChI=1S/C12H12ClFN2O2/c1-18-11(17)10-8(3-2-4-9(10)13)12(7-14)5-6-15-16-12/h2-4H,5-7H2,1H3. The predicted octanol–water partition coefficient (Wildman–Crippen LogP) is 3.15. The van der Waals surface area contributed by atoms with Crippen LogP contribution in [0.3, 0.4) is 0 Å². The average Bonchev–Trinajstić information content (AvgIpc) is 2.87. The fourth-order valence-electron chi connectivity index (χ4n) is 2.05. The second kappa shape index (κ2) is 5.02. The number of alkyl halides is 1. The minimum Gasteiger partial charge on any atom is -0.465 e. The number of esters is 1. The fourth-order valence-corrected chi connectivity index (χ4v) is 2.30. The molecule has 1 aromatic carbocycles. The van der Waals surface area contributed by atoms with Crippen molar-refractivity contribution in [3.8, 4) is 0 Å². The van der Waals surface area contributed by atoms with Crippen LogP contribution < -0.4 is 0 Å². The number of ether oxygens (including phenoxy) is 1. The summed E-state index contributed by atoms with van der Waals surface area (Å²) in [5.74, 6) is -0.592. The zero-order valence-corrected chi connectivity index (χ0v) is 10.6. The van der Waals surface area contributed by atoms with Crippen molar-refractivity contribution >= 4 is 17.6 Å². The number of methoxy groups -OCH3 is 1. The van der Waals surface area contributed by atoms with Crippen molar-refractivity contribution in [2.24, 2.45) is 10.2 Å². The fraction of sp³-hybridized carbons (Fsp3) is 0.417. The lowest BCUT2D eigenvalue weighted by Crippen LogP contribution is -2.27. The van der Waals surface area contributed by atoms with Crippen LogP contribution in [0.1, 0.15) is 22.3 Å². The molecule has 2 rings (SSSR count). The zero-order valence-electron chi connectivity index (χ0n) is 9.82. The minimum atomic E-state index is -1.10. The van der Waals surface area contributed by atoms with Crippen LogP contribution in [0.15, 0.2) is 28.4 Å². The van der Waals surface area contributed by atoms with E-state index in [4.69, 9.17) is 11.6 Å². The Morgan fingerprint density at radius 1 is 1.61 bits per heavy atom. The van der Waals surface area contributed by atoms with Gasteiger partial charge in [0.25, 0.3) is 0 Å². The normalized spacial score (nSPS) is 22.2. The number of hydrogen-bond donors (Lipinski definition) is 0. The Hall–Kier alpha value is -1.49. The molecule has 0 spiro atoms. The molecule has 96 valence electrons. The molecule has 4 nitrogen and oxygen atoms in total. The number of hydrogen-bond acceptors (Lipinski definition) is 4. The highest BCUT2D eigenvalue weighted by atomic mass is 35.5. The Morgan fingerprint density at radius 3 is 2.94 bits per heavy atom. The van der Waals surface area contributed by atoms with Crippen molar-refractivity contribution in [3.63, 3.8) is 0 Å². The van der Waals surface area contributed by atoms with Crippen LogP contribution in [0.4, 0.5) is 4.39 Å². The first-order valence-electron chi connectivity index (χ1n) is 5.46. The van der Waals surface area contributed by atoms with E-state index in [1.165, 1.54) is 7.11 Å². The predicted molar refractivity (Wildman–Crippen MR) is 64.8 cm³/mol. The molecule has 0 fully saturated rings. The second-order valence-electron chi connectivity index (χ2n) is 4.03. The van der Waals surface area contributed by atoms with E-state index in [-0.39, 0.29) is 10.6 Å². The summed E-state index contributed by atoms with van der Waals surface area (Å²) in [6.07, 6.45) is 0.424. The molecule has 0 aromatic heterocycles. The summed E-state index contributed by atoms with van der Waals surface area (Å²) in [6.45, 7) is -0.280. The molecule has 1 unspecified atom stereocenters. The Balaban J connectivity index is 2.60. The molecule has 1 aliphatic rings. The number of halogens is 2. The van der Waals surface area contributed by atoms with Gasteiger partial charge in [-0.2, -0.15) is 10.2 Å². The molecule has 1 aliphatic heterocycles. The van der Waals surface area contributed by atoms with Crippen LogP contribution in [0.2, 0.25) is 5.02 Å². The average molecular weight is 271 g/mol. The number of azo groups is 1. The summed E-state index contributed by atoms with van der Waals surface area (Å²) in [4.78, 5) is 11.8. The molecular formula is C12H12ClFN2O2. The molecule has 18 heavy (non-hydrogen) atoms. The van der Waals surface area contributed by atoms with Gasteiger partial charge in [-0.3, -0.25) is 0 Å². The highest BCUT2D eigenvalue weighted by Crippen LogP contribution is 2.39. The lowest BCUT2D eigenvalue weighted by molar-refractivity contribution is 0.0597. The smallest absolute Gasteiger partial charge is 0.339 e. The van der Waals surface area contributed by atoms with Gasteiger partial charge in [0.15, 0.2) is 0 Å². The van der Waals surface area contributed by atoms with Crippen molar-refractivity contribution in [3.05, 3.63) is 34.3 Å². The highest BCUT2D eigenvalue weighted by Gasteiger charge is 2.39. The van der Waals surface area contributed by atoms with Crippen molar-refractivity contribution in [1.82, 2.24) is 0 Å². The van der Waals surface area contributed by atoms with Crippen molar-refractivity contribution in [2.45, 2.75) is 12.0 Å². The lowest BCUT2D eigenvalue weighted by atomic mass is 9.86. The van der Waals surface area contributed by atoms with Crippen LogP contribution in [-0.2, 0) is 10.3 Å². The Bertz CT molecular complexity index is 507. The number of carbonyl (C=O) groups excluding carboxylic acids is 1. The van der Waals surface area contributed by atoms with Crippen LogP contribution in [0.5, 0.6) is 0 Å². The van der Waals surface area contributed by atoms with E-state index in [2.05, 4.69) is 15.0 Å². The van der Waals surface area contributed by atoms with Gasteiger partial charge in [-0.15, -0.1) is 0 Å². The van der Waals surface area contributed by atoms with E-state index in [1.807, 2.05) is 0 Å². The first-order valence-corrected chi connectivity index (χ1v) is 5.84. The summed E-state index contributed by atoms with van der Waals surface area (Å²) in [6, 6.07) is 4.87. The molecule has 0 radical (unpaired) electrons. The van der Waals surface area contributed by atoms with Crippen molar-refractivity contribution in [2.75, 3.05) is 20.3 Å². The highest BCUT2D eigenvalue weighted by molar-refractivity contribution is 6.33. The van der Waals surface area contributed by atoms with Gasteiger partial charge in [0, 0.05) is 12.0 Å². The number of nitrogens with zero attached hydrogens (tertiary/aromatic N) is 2. The quantitative estimate of drug-likeness (QED) is 0.792. The molecule has 0 saturated heterocycles. The number of benzene rings is 1. The summed E-state index contributed by atoms with van der Waals surface area (Å²) in [5.41, 5.74) is -0.500. The Kier molecular flexibility index (Phi) is 3.61. The van der Waals surface area contributed by atoms with E-state index in [9.17, 15) is 9.18 Å². The molecule has 0 N–H and O–H groups in total. The minimum absolute atomic E-state index is 0.167. The maximum atomic E-state index is 13.4. The monoisotopic (exact) mass is 270 g/mol. The zero-order chi connectivity index (χ0) is 13.2. The van der Waals surface area contributed by atoms with Crippen LogP contribution >= 0.6 is 11.6 Å². The van der Waals surface area contributed by atoms with Crippen molar-refractivity contribution in [1.29, 1.82) is 0 Å². The molecular weight excluding hydrogens is 259 g/mol. The molecule has 0 bridgehead atoms. The topological polar surface area (TPSA) is 51.0 Å². The van der Waals surface area contributed by atoms with E-state index in [0.717, 1.165) is 0 Å². The summed E-state index contributed by atoms with van der Waals surface area (Å²) in [5, 5.41) is 8.02. The third-order valence-corrected chi connectivity index (χ3v) is 3.33. The van der Waals surface area contributed by atoms with Gasteiger partial charge in [-0.25, -0.2) is 9.18 Å². The van der Waals surface area contributed by atoms with E-state index < -0.39 is 18.2 Å². The van der Waals surface area contributed by atoms with Crippen LogP contribution in [0, 0.1) is 0 Å². The lowest BCUT2D eigenvalue weighted by Gasteiger charge is -2.23. The summed E-state index contributed by atoms with van der Waals surface area (Å²) < 4.78 is 18.1. The molecule has 0 amide bonds. The maximum Gasteiger partial charge on any atom is 0.339 e. The molecule has 6 heteroatoms. The third kappa shape index (κ3) is 1.99. The molecule has 1 heterocycles. The van der Waals surface area contributed by atoms with Crippen molar-refractivity contribution < 1.29 is 13.9 Å². The van der Waals surface area contributed by atoms with Gasteiger partial charge in [-0.05, 0) is 6.07 Å². The first kappa shape index (κ1) is 13.0. The van der Waals surface area contributed by atoms with Crippen LogP contribution in [-0.4, -0.2) is 26.3 Å². The van der Waals surface area contributed by atoms with Gasteiger partial charge in [-0.1, -0.05) is 23.7 Å². The summed E-state index contributed by atoms with van der Waals surface area (Å²) >= 11 is 6.00. The molecule has 0 aliphatic carbocycles. The largest absolute Gasteiger partial charge is 0.465 e. The van der Waals surface area contributed by atoms with Gasteiger partial charge >= 0.3 is 5.97 Å². The third-order valence-electron chi connectivity index (χ3n) is 3.01. The first-order chi connectivity index (χ1) is 8.64. The maximum absolute atomic E-state index is 13.4. The number of carbonyl (C=O) groups is 1. The Morgan fingerprint density at radius 2 is 2.39 bits per heavy atom. The van der Waals surface area contributed by atoms with Crippen LogP contribution in [0.25, 0.3) is 0 Å². The molecule has 1 atom stereocenters. The SMILES string of the molecule is COC(=O)c1c(Cl)cccc1C1(CF)CCN=N1. The van der Waals surface area contributed by atoms with E-state index in [0.29, 0.717) is 18.5 Å². The molecule has 0 saturated carbocycles. The second-order valence-corrected chi connectivity index (χ2v) is 4.44. The van der Waals surface area contributed by atoms with E-state index in [1.54, 1.807) is 18.2 Å². The van der Waals surface area contributed by atoms with Gasteiger partial charge in [0.05, 0.1) is 24.2 Å². The van der Waals surface area contributed by atoms with E-state index >= 15 is 0 Å². The van der Waals surface area contributed by atoms with Gasteiger partial charge in [0.2, 0.25) is 0 Å². The molecule has 1 aromatic rings.